The van der Waals surface area contributed by atoms with Gasteiger partial charge in [-0.2, -0.15) is 0 Å². The number of hydrogen-bond acceptors (Lipinski definition) is 2. The Morgan fingerprint density at radius 1 is 0.939 bits per heavy atom. The minimum atomic E-state index is -0.791. The average Bonchev–Trinajstić information content (AvgIpc) is 2.80. The highest BCUT2D eigenvalue weighted by atomic mass is 35.5. The molecule has 0 heterocycles. The molecule has 1 atom stereocenters. The minimum absolute atomic E-state index is 0.111. The van der Waals surface area contributed by atoms with E-state index in [1.165, 1.54) is 17.0 Å². The molecule has 0 aliphatic carbocycles. The maximum Gasteiger partial charge on any atom is 0.243 e. The summed E-state index contributed by atoms with van der Waals surface area (Å²) in [6, 6.07) is 20.0. The average molecular weight is 487 g/mol. The first-order chi connectivity index (χ1) is 15.9. The topological polar surface area (TPSA) is 49.4 Å². The van der Waals surface area contributed by atoms with Crippen LogP contribution in [0.1, 0.15) is 23.6 Å². The van der Waals surface area contributed by atoms with Crippen LogP contribution in [0.25, 0.3) is 0 Å². The summed E-state index contributed by atoms with van der Waals surface area (Å²) in [7, 11) is 0. The van der Waals surface area contributed by atoms with Gasteiger partial charge in [0.05, 0.1) is 6.42 Å². The fraction of sp³-hybridized carbons (Fsp3) is 0.231. The largest absolute Gasteiger partial charge is 0.355 e. The summed E-state index contributed by atoms with van der Waals surface area (Å²) >= 11 is 12.2. The molecule has 1 N–H and O–H groups in total. The second-order valence-electron chi connectivity index (χ2n) is 7.63. The lowest BCUT2D eigenvalue weighted by molar-refractivity contribution is -0.140. The standard InChI is InChI=1S/C26H25Cl2FN2O2/c1-2-30-26(33)24(15-18-7-4-3-5-8-18)31(17-19-11-13-20(27)14-12-19)25(32)16-21-22(28)9-6-10-23(21)29/h3-14,24H,2,15-17H2,1H3,(H,30,33). The highest BCUT2D eigenvalue weighted by Crippen LogP contribution is 2.23. The van der Waals surface area contributed by atoms with Crippen molar-refractivity contribution in [2.24, 2.45) is 0 Å². The van der Waals surface area contributed by atoms with E-state index < -0.39 is 17.8 Å². The lowest BCUT2D eigenvalue weighted by atomic mass is 10.0. The molecule has 0 fully saturated rings. The molecular formula is C26H25Cl2FN2O2. The van der Waals surface area contributed by atoms with Crippen molar-refractivity contribution < 1.29 is 14.0 Å². The van der Waals surface area contributed by atoms with Gasteiger partial charge in [0, 0.05) is 35.1 Å². The molecule has 0 saturated carbocycles. The summed E-state index contributed by atoms with van der Waals surface area (Å²) in [5.41, 5.74) is 1.82. The molecule has 172 valence electrons. The Labute approximate surface area is 203 Å². The molecular weight excluding hydrogens is 462 g/mol. The Morgan fingerprint density at radius 3 is 2.27 bits per heavy atom. The number of hydrogen-bond donors (Lipinski definition) is 1. The molecule has 4 nitrogen and oxygen atoms in total. The lowest BCUT2D eigenvalue weighted by Crippen LogP contribution is -2.51. The fourth-order valence-electron chi connectivity index (χ4n) is 3.59. The molecule has 0 saturated heterocycles. The molecule has 0 aliphatic heterocycles. The van der Waals surface area contributed by atoms with Gasteiger partial charge in [-0.3, -0.25) is 9.59 Å². The van der Waals surface area contributed by atoms with Gasteiger partial charge in [0.2, 0.25) is 11.8 Å². The molecule has 7 heteroatoms. The Bertz CT molecular complexity index is 1070. The van der Waals surface area contributed by atoms with E-state index in [4.69, 9.17) is 23.2 Å². The van der Waals surface area contributed by atoms with Crippen molar-refractivity contribution in [2.75, 3.05) is 6.54 Å². The molecule has 0 aromatic heterocycles. The number of benzene rings is 3. The number of nitrogens with zero attached hydrogens (tertiary/aromatic N) is 1. The van der Waals surface area contributed by atoms with Gasteiger partial charge in [-0.05, 0) is 42.3 Å². The van der Waals surface area contributed by atoms with Crippen LogP contribution in [0.3, 0.4) is 0 Å². The summed E-state index contributed by atoms with van der Waals surface area (Å²) in [5, 5.41) is 3.57. The van der Waals surface area contributed by atoms with Crippen LogP contribution in [-0.4, -0.2) is 29.3 Å². The van der Waals surface area contributed by atoms with Gasteiger partial charge in [0.1, 0.15) is 11.9 Å². The third-order valence-corrected chi connectivity index (χ3v) is 5.88. The highest BCUT2D eigenvalue weighted by Gasteiger charge is 2.31. The molecule has 0 aliphatic rings. The van der Waals surface area contributed by atoms with Crippen LogP contribution in [-0.2, 0) is 29.0 Å². The normalized spacial score (nSPS) is 11.6. The van der Waals surface area contributed by atoms with Crippen LogP contribution >= 0.6 is 23.2 Å². The first-order valence-corrected chi connectivity index (χ1v) is 11.4. The van der Waals surface area contributed by atoms with E-state index in [0.29, 0.717) is 18.0 Å². The number of amides is 2. The Balaban J connectivity index is 1.98. The van der Waals surface area contributed by atoms with Crippen LogP contribution in [0.4, 0.5) is 4.39 Å². The number of rotatable bonds is 9. The van der Waals surface area contributed by atoms with Crippen molar-refractivity contribution in [3.05, 3.63) is 105 Å². The zero-order valence-corrected chi connectivity index (χ0v) is 19.7. The second-order valence-corrected chi connectivity index (χ2v) is 8.47. The van der Waals surface area contributed by atoms with Crippen LogP contribution < -0.4 is 5.32 Å². The molecule has 2 amide bonds. The van der Waals surface area contributed by atoms with Crippen LogP contribution in [0.15, 0.2) is 72.8 Å². The van der Waals surface area contributed by atoms with Crippen molar-refractivity contribution in [2.45, 2.75) is 32.4 Å². The number of carbonyl (C=O) groups is 2. The first kappa shape index (κ1) is 24.7. The molecule has 3 aromatic carbocycles. The summed E-state index contributed by atoms with van der Waals surface area (Å²) in [6.07, 6.45) is 0.0563. The number of likely N-dealkylation sites (N-methyl/N-ethyl adjacent to an activating group) is 1. The number of carbonyl (C=O) groups excluding carboxylic acids is 2. The monoisotopic (exact) mass is 486 g/mol. The minimum Gasteiger partial charge on any atom is -0.355 e. The molecule has 0 bridgehead atoms. The van der Waals surface area contributed by atoms with Crippen molar-refractivity contribution in [3.63, 3.8) is 0 Å². The molecule has 1 unspecified atom stereocenters. The summed E-state index contributed by atoms with van der Waals surface area (Å²) in [4.78, 5) is 28.1. The van der Waals surface area contributed by atoms with Gasteiger partial charge in [-0.15, -0.1) is 0 Å². The molecule has 0 spiro atoms. The van der Waals surface area contributed by atoms with Crippen LogP contribution in [0, 0.1) is 5.82 Å². The molecule has 3 aromatic rings. The zero-order valence-electron chi connectivity index (χ0n) is 18.2. The smallest absolute Gasteiger partial charge is 0.243 e. The van der Waals surface area contributed by atoms with Crippen molar-refractivity contribution in [1.29, 1.82) is 0 Å². The molecule has 33 heavy (non-hydrogen) atoms. The zero-order chi connectivity index (χ0) is 23.8. The van der Waals surface area contributed by atoms with Crippen molar-refractivity contribution >= 4 is 35.0 Å². The Kier molecular flexibility index (Phi) is 8.87. The SMILES string of the molecule is CCNC(=O)C(Cc1ccccc1)N(Cc1ccc(Cl)cc1)C(=O)Cc1c(F)cccc1Cl. The van der Waals surface area contributed by atoms with Crippen LogP contribution in [0.2, 0.25) is 10.0 Å². The third kappa shape index (κ3) is 6.80. The maximum absolute atomic E-state index is 14.4. The third-order valence-electron chi connectivity index (χ3n) is 5.28. The van der Waals surface area contributed by atoms with E-state index in [-0.39, 0.29) is 29.5 Å². The van der Waals surface area contributed by atoms with E-state index in [9.17, 15) is 14.0 Å². The quantitative estimate of drug-likeness (QED) is 0.437. The Hall–Kier alpha value is -2.89. The summed E-state index contributed by atoms with van der Waals surface area (Å²) < 4.78 is 14.4. The number of halogens is 3. The van der Waals surface area contributed by atoms with Gasteiger partial charge >= 0.3 is 0 Å². The van der Waals surface area contributed by atoms with E-state index in [2.05, 4.69) is 5.32 Å². The predicted molar refractivity (Wildman–Crippen MR) is 130 cm³/mol. The molecule has 0 radical (unpaired) electrons. The van der Waals surface area contributed by atoms with Gasteiger partial charge in [-0.25, -0.2) is 4.39 Å². The van der Waals surface area contributed by atoms with Gasteiger partial charge in [0.15, 0.2) is 0 Å². The van der Waals surface area contributed by atoms with Crippen molar-refractivity contribution in [1.82, 2.24) is 10.2 Å². The predicted octanol–water partition coefficient (Wildman–Crippen LogP) is 5.45. The molecule has 3 rings (SSSR count). The second kappa shape index (κ2) is 11.8. The van der Waals surface area contributed by atoms with Gasteiger partial charge in [-0.1, -0.05) is 71.7 Å². The van der Waals surface area contributed by atoms with Gasteiger partial charge < -0.3 is 10.2 Å². The highest BCUT2D eigenvalue weighted by molar-refractivity contribution is 6.31. The Morgan fingerprint density at radius 2 is 1.64 bits per heavy atom. The first-order valence-electron chi connectivity index (χ1n) is 10.7. The van der Waals surface area contributed by atoms with E-state index in [1.807, 2.05) is 37.3 Å². The maximum atomic E-state index is 14.4. The summed E-state index contributed by atoms with van der Waals surface area (Å²) in [5.74, 6) is -1.23. The van der Waals surface area contributed by atoms with Crippen LogP contribution in [0.5, 0.6) is 0 Å². The van der Waals surface area contributed by atoms with Gasteiger partial charge in [0.25, 0.3) is 0 Å². The van der Waals surface area contributed by atoms with E-state index in [0.717, 1.165) is 11.1 Å². The van der Waals surface area contributed by atoms with Crippen molar-refractivity contribution in [3.8, 4) is 0 Å². The van der Waals surface area contributed by atoms with E-state index in [1.54, 1.807) is 30.3 Å². The summed E-state index contributed by atoms with van der Waals surface area (Å²) in [6.45, 7) is 2.41. The lowest BCUT2D eigenvalue weighted by Gasteiger charge is -2.31. The fourth-order valence-corrected chi connectivity index (χ4v) is 3.94. The number of nitrogens with one attached hydrogen (secondary N) is 1. The van der Waals surface area contributed by atoms with E-state index >= 15 is 0 Å².